The molecule has 1 nitrogen and oxygen atoms in total. The highest BCUT2D eigenvalue weighted by atomic mass is 35.5. The van der Waals surface area contributed by atoms with Crippen LogP contribution in [0, 0.1) is 6.92 Å². The van der Waals surface area contributed by atoms with E-state index in [9.17, 15) is 8.78 Å². The molecule has 2 aromatic rings. The van der Waals surface area contributed by atoms with Gasteiger partial charge in [-0.05, 0) is 18.6 Å². The SMILES string of the molecule is Cc1ccc(C(Cl)c2ccccc2OC(F)F)cc1. The minimum Gasteiger partial charge on any atom is -0.434 e. The Kier molecular flexibility index (Phi) is 4.38. The summed E-state index contributed by atoms with van der Waals surface area (Å²) in [6.45, 7) is -0.885. The first-order valence-corrected chi connectivity index (χ1v) is 6.26. The largest absolute Gasteiger partial charge is 0.434 e. The van der Waals surface area contributed by atoms with Crippen LogP contribution in [-0.2, 0) is 0 Å². The molecule has 0 N–H and O–H groups in total. The minimum absolute atomic E-state index is 0.109. The maximum absolute atomic E-state index is 12.4. The van der Waals surface area contributed by atoms with E-state index in [2.05, 4.69) is 4.74 Å². The fourth-order valence-corrected chi connectivity index (χ4v) is 2.13. The molecule has 0 saturated carbocycles. The van der Waals surface area contributed by atoms with Crippen LogP contribution in [0.1, 0.15) is 22.1 Å². The van der Waals surface area contributed by atoms with Crippen molar-refractivity contribution in [1.29, 1.82) is 0 Å². The number of aryl methyl sites for hydroxylation is 1. The summed E-state index contributed by atoms with van der Waals surface area (Å²) in [5.41, 5.74) is 2.50. The minimum atomic E-state index is -2.86. The van der Waals surface area contributed by atoms with E-state index in [1.54, 1.807) is 18.2 Å². The first kappa shape index (κ1) is 13.8. The van der Waals surface area contributed by atoms with Crippen molar-refractivity contribution in [2.24, 2.45) is 0 Å². The van der Waals surface area contributed by atoms with Crippen LogP contribution in [-0.4, -0.2) is 6.61 Å². The topological polar surface area (TPSA) is 9.23 Å². The molecule has 2 aromatic carbocycles. The number of halogens is 3. The maximum atomic E-state index is 12.4. The summed E-state index contributed by atoms with van der Waals surface area (Å²) in [6, 6.07) is 14.2. The third-order valence-electron chi connectivity index (χ3n) is 2.78. The van der Waals surface area contributed by atoms with E-state index in [0.29, 0.717) is 5.56 Å². The first-order valence-electron chi connectivity index (χ1n) is 5.82. The number of rotatable bonds is 4. The summed E-state index contributed by atoms with van der Waals surface area (Å²) in [6.07, 6.45) is 0. The first-order chi connectivity index (χ1) is 9.08. The molecule has 4 heteroatoms. The molecule has 0 bridgehead atoms. The summed E-state index contributed by atoms with van der Waals surface area (Å²) in [4.78, 5) is 0. The van der Waals surface area contributed by atoms with Gasteiger partial charge < -0.3 is 4.74 Å². The zero-order chi connectivity index (χ0) is 13.8. The maximum Gasteiger partial charge on any atom is 0.387 e. The average Bonchev–Trinajstić information content (AvgIpc) is 2.39. The summed E-state index contributed by atoms with van der Waals surface area (Å²) < 4.78 is 29.2. The number of hydrogen-bond acceptors (Lipinski definition) is 1. The molecule has 0 aliphatic rings. The van der Waals surface area contributed by atoms with Crippen LogP contribution in [0.15, 0.2) is 48.5 Å². The highest BCUT2D eigenvalue weighted by Gasteiger charge is 2.17. The molecule has 100 valence electrons. The van der Waals surface area contributed by atoms with Crippen molar-refractivity contribution in [3.63, 3.8) is 0 Å². The van der Waals surface area contributed by atoms with Gasteiger partial charge in [0.05, 0.1) is 5.38 Å². The Balaban J connectivity index is 2.32. The monoisotopic (exact) mass is 282 g/mol. The van der Waals surface area contributed by atoms with Gasteiger partial charge in [-0.1, -0.05) is 48.0 Å². The Morgan fingerprint density at radius 3 is 2.26 bits per heavy atom. The normalized spacial score (nSPS) is 12.5. The highest BCUT2D eigenvalue weighted by Crippen LogP contribution is 2.35. The van der Waals surface area contributed by atoms with Gasteiger partial charge in [0, 0.05) is 5.56 Å². The van der Waals surface area contributed by atoms with Gasteiger partial charge in [0.1, 0.15) is 5.75 Å². The molecule has 0 saturated heterocycles. The molecular weight excluding hydrogens is 270 g/mol. The quantitative estimate of drug-likeness (QED) is 0.723. The predicted molar refractivity (Wildman–Crippen MR) is 71.9 cm³/mol. The van der Waals surface area contributed by atoms with Gasteiger partial charge in [-0.3, -0.25) is 0 Å². The third kappa shape index (κ3) is 3.44. The molecule has 2 rings (SSSR count). The van der Waals surface area contributed by atoms with Crippen molar-refractivity contribution in [1.82, 2.24) is 0 Å². The van der Waals surface area contributed by atoms with E-state index >= 15 is 0 Å². The van der Waals surface area contributed by atoms with Crippen LogP contribution in [0.3, 0.4) is 0 Å². The molecular formula is C15H13ClF2O. The van der Waals surface area contributed by atoms with Crippen molar-refractivity contribution in [3.05, 3.63) is 65.2 Å². The van der Waals surface area contributed by atoms with Gasteiger partial charge in [0.15, 0.2) is 0 Å². The molecule has 0 aliphatic carbocycles. The van der Waals surface area contributed by atoms with Crippen LogP contribution < -0.4 is 4.74 Å². The smallest absolute Gasteiger partial charge is 0.387 e. The molecule has 1 atom stereocenters. The van der Waals surface area contributed by atoms with Crippen LogP contribution in [0.5, 0.6) is 5.75 Å². The Labute approximate surface area is 115 Å². The number of benzene rings is 2. The fraction of sp³-hybridized carbons (Fsp3) is 0.200. The lowest BCUT2D eigenvalue weighted by Gasteiger charge is -2.15. The van der Waals surface area contributed by atoms with Gasteiger partial charge in [-0.2, -0.15) is 8.78 Å². The third-order valence-corrected chi connectivity index (χ3v) is 3.27. The Morgan fingerprint density at radius 1 is 1.00 bits per heavy atom. The molecule has 19 heavy (non-hydrogen) atoms. The molecule has 0 spiro atoms. The Morgan fingerprint density at radius 2 is 1.63 bits per heavy atom. The van der Waals surface area contributed by atoms with Gasteiger partial charge >= 0.3 is 6.61 Å². The van der Waals surface area contributed by atoms with E-state index in [0.717, 1.165) is 11.1 Å². The number of alkyl halides is 3. The van der Waals surface area contributed by atoms with E-state index in [4.69, 9.17) is 11.6 Å². The lowest BCUT2D eigenvalue weighted by atomic mass is 10.0. The molecule has 0 aliphatic heterocycles. The second-order valence-corrected chi connectivity index (χ2v) is 4.63. The highest BCUT2D eigenvalue weighted by molar-refractivity contribution is 6.22. The predicted octanol–water partition coefficient (Wildman–Crippen LogP) is 4.92. The van der Waals surface area contributed by atoms with Gasteiger partial charge in [0.25, 0.3) is 0 Å². The van der Waals surface area contributed by atoms with Gasteiger partial charge in [-0.25, -0.2) is 0 Å². The van der Waals surface area contributed by atoms with Gasteiger partial charge in [-0.15, -0.1) is 11.6 Å². The van der Waals surface area contributed by atoms with Crippen LogP contribution in [0.25, 0.3) is 0 Å². The molecule has 0 heterocycles. The Bertz CT molecular complexity index is 540. The zero-order valence-corrected chi connectivity index (χ0v) is 11.1. The van der Waals surface area contributed by atoms with Crippen LogP contribution in [0.4, 0.5) is 8.78 Å². The van der Waals surface area contributed by atoms with Crippen molar-refractivity contribution in [3.8, 4) is 5.75 Å². The lowest BCUT2D eigenvalue weighted by Crippen LogP contribution is -2.05. The lowest BCUT2D eigenvalue weighted by molar-refractivity contribution is -0.0504. The number of para-hydroxylation sites is 1. The molecule has 0 radical (unpaired) electrons. The molecule has 0 amide bonds. The van der Waals surface area contributed by atoms with Crippen LogP contribution >= 0.6 is 11.6 Å². The Hall–Kier alpha value is -1.61. The van der Waals surface area contributed by atoms with Crippen molar-refractivity contribution in [2.75, 3.05) is 0 Å². The average molecular weight is 283 g/mol. The van der Waals surface area contributed by atoms with E-state index in [-0.39, 0.29) is 5.75 Å². The van der Waals surface area contributed by atoms with E-state index < -0.39 is 12.0 Å². The molecule has 1 unspecified atom stereocenters. The molecule has 0 fully saturated rings. The van der Waals surface area contributed by atoms with Gasteiger partial charge in [0.2, 0.25) is 0 Å². The number of hydrogen-bond donors (Lipinski definition) is 0. The number of ether oxygens (including phenoxy) is 1. The zero-order valence-electron chi connectivity index (χ0n) is 10.3. The van der Waals surface area contributed by atoms with Crippen molar-refractivity contribution >= 4 is 11.6 Å². The second-order valence-electron chi connectivity index (χ2n) is 4.19. The second kappa shape index (κ2) is 6.02. The summed E-state index contributed by atoms with van der Waals surface area (Å²) in [5, 5.41) is -0.518. The standard InChI is InChI=1S/C15H13ClF2O/c1-10-6-8-11(9-7-10)14(16)12-4-2-3-5-13(12)19-15(17)18/h2-9,14-15H,1H3. The summed E-state index contributed by atoms with van der Waals surface area (Å²) in [7, 11) is 0. The van der Waals surface area contributed by atoms with Crippen LogP contribution in [0.2, 0.25) is 0 Å². The van der Waals surface area contributed by atoms with E-state index in [1.165, 1.54) is 6.07 Å². The summed E-state index contributed by atoms with van der Waals surface area (Å²) >= 11 is 6.35. The van der Waals surface area contributed by atoms with E-state index in [1.807, 2.05) is 31.2 Å². The van der Waals surface area contributed by atoms with Crippen molar-refractivity contribution < 1.29 is 13.5 Å². The fourth-order valence-electron chi connectivity index (χ4n) is 1.81. The molecule has 0 aromatic heterocycles. The van der Waals surface area contributed by atoms with Crippen molar-refractivity contribution in [2.45, 2.75) is 18.9 Å². The summed E-state index contributed by atoms with van der Waals surface area (Å²) in [5.74, 6) is 0.109.